The van der Waals surface area contributed by atoms with Crippen molar-refractivity contribution < 1.29 is 4.74 Å². The zero-order valence-corrected chi connectivity index (χ0v) is 11.6. The number of ether oxygens (including phenoxy) is 1. The molecule has 2 fully saturated rings. The van der Waals surface area contributed by atoms with E-state index in [1.165, 1.54) is 35.3 Å². The summed E-state index contributed by atoms with van der Waals surface area (Å²) in [6, 6.07) is 2.29. The van der Waals surface area contributed by atoms with Crippen molar-refractivity contribution in [1.82, 2.24) is 5.32 Å². The van der Waals surface area contributed by atoms with Crippen LogP contribution in [0.5, 0.6) is 0 Å². The Bertz CT molecular complexity index is 369. The second-order valence-electron chi connectivity index (χ2n) is 4.80. The molecule has 16 heavy (non-hydrogen) atoms. The summed E-state index contributed by atoms with van der Waals surface area (Å²) in [7, 11) is 0. The van der Waals surface area contributed by atoms with Crippen LogP contribution in [0.4, 0.5) is 0 Å². The van der Waals surface area contributed by atoms with Crippen molar-refractivity contribution in [1.29, 1.82) is 0 Å². The van der Waals surface area contributed by atoms with Gasteiger partial charge in [0, 0.05) is 14.7 Å². The molecule has 0 aromatic carbocycles. The van der Waals surface area contributed by atoms with E-state index in [9.17, 15) is 0 Å². The van der Waals surface area contributed by atoms with Gasteiger partial charge in [-0.25, -0.2) is 0 Å². The minimum absolute atomic E-state index is 0.332. The fraction of sp³-hybridized carbons (Fsp3) is 0.667. The van der Waals surface area contributed by atoms with Gasteiger partial charge in [0.15, 0.2) is 0 Å². The van der Waals surface area contributed by atoms with E-state index in [4.69, 9.17) is 4.74 Å². The van der Waals surface area contributed by atoms with Gasteiger partial charge in [-0.05, 0) is 53.8 Å². The molecule has 1 aromatic rings. The molecule has 2 nitrogen and oxygen atoms in total. The Morgan fingerprint density at radius 3 is 2.62 bits per heavy atom. The van der Waals surface area contributed by atoms with Crippen LogP contribution in [0.3, 0.4) is 0 Å². The molecule has 0 radical (unpaired) electrons. The summed E-state index contributed by atoms with van der Waals surface area (Å²) in [5, 5.41) is 5.64. The molecule has 0 saturated carbocycles. The van der Waals surface area contributed by atoms with Gasteiger partial charge in [-0.1, -0.05) is 0 Å². The van der Waals surface area contributed by atoms with Crippen LogP contribution in [0.2, 0.25) is 0 Å². The number of halogens is 1. The molecule has 1 aromatic heterocycles. The molecule has 88 valence electrons. The van der Waals surface area contributed by atoms with Crippen LogP contribution in [-0.2, 0) is 10.2 Å². The highest BCUT2D eigenvalue weighted by Gasteiger charge is 2.47. The number of nitrogens with one attached hydrogen (secondary N) is 1. The first-order valence-electron chi connectivity index (χ1n) is 5.84. The molecule has 4 heteroatoms. The SMILES string of the molecule is Brc1csc(C2(C3CCNCC3)COC2)c1. The van der Waals surface area contributed by atoms with Crippen LogP contribution in [0.25, 0.3) is 0 Å². The molecule has 0 atom stereocenters. The Kier molecular flexibility index (Phi) is 3.09. The first-order chi connectivity index (χ1) is 7.81. The van der Waals surface area contributed by atoms with Crippen LogP contribution in [0.1, 0.15) is 17.7 Å². The maximum atomic E-state index is 5.53. The van der Waals surface area contributed by atoms with E-state index in [1.54, 1.807) is 0 Å². The van der Waals surface area contributed by atoms with Gasteiger partial charge in [0.05, 0.1) is 18.6 Å². The second-order valence-corrected chi connectivity index (χ2v) is 6.63. The maximum Gasteiger partial charge on any atom is 0.0596 e. The molecule has 2 aliphatic heterocycles. The minimum Gasteiger partial charge on any atom is -0.379 e. The first-order valence-corrected chi connectivity index (χ1v) is 7.51. The highest BCUT2D eigenvalue weighted by atomic mass is 79.9. The average molecular weight is 302 g/mol. The van der Waals surface area contributed by atoms with E-state index in [0.29, 0.717) is 5.41 Å². The van der Waals surface area contributed by atoms with E-state index >= 15 is 0 Å². The molecule has 1 N–H and O–H groups in total. The van der Waals surface area contributed by atoms with Crippen LogP contribution in [-0.4, -0.2) is 26.3 Å². The van der Waals surface area contributed by atoms with Crippen molar-refractivity contribution in [3.8, 4) is 0 Å². The van der Waals surface area contributed by atoms with Gasteiger partial charge in [0.1, 0.15) is 0 Å². The van der Waals surface area contributed by atoms with Crippen molar-refractivity contribution in [3.63, 3.8) is 0 Å². The highest BCUT2D eigenvalue weighted by Crippen LogP contribution is 2.46. The Morgan fingerprint density at radius 1 is 1.38 bits per heavy atom. The van der Waals surface area contributed by atoms with Crippen LogP contribution >= 0.6 is 27.3 Å². The third-order valence-corrected chi connectivity index (χ3v) is 5.81. The summed E-state index contributed by atoms with van der Waals surface area (Å²) in [6.07, 6.45) is 2.58. The van der Waals surface area contributed by atoms with Crippen LogP contribution < -0.4 is 5.32 Å². The molecular weight excluding hydrogens is 286 g/mol. The lowest BCUT2D eigenvalue weighted by Crippen LogP contribution is -2.54. The van der Waals surface area contributed by atoms with Crippen molar-refractivity contribution in [3.05, 3.63) is 20.8 Å². The van der Waals surface area contributed by atoms with E-state index in [2.05, 4.69) is 32.7 Å². The second kappa shape index (κ2) is 4.41. The summed E-state index contributed by atoms with van der Waals surface area (Å²) in [5.41, 5.74) is 0.332. The smallest absolute Gasteiger partial charge is 0.0596 e. The number of rotatable bonds is 2. The number of thiophene rings is 1. The molecule has 0 aliphatic carbocycles. The van der Waals surface area contributed by atoms with Gasteiger partial charge >= 0.3 is 0 Å². The van der Waals surface area contributed by atoms with Crippen LogP contribution in [0.15, 0.2) is 15.9 Å². The maximum absolute atomic E-state index is 5.53. The van der Waals surface area contributed by atoms with Gasteiger partial charge in [0.2, 0.25) is 0 Å². The summed E-state index contributed by atoms with van der Waals surface area (Å²) in [5.74, 6) is 0.799. The zero-order chi connectivity index (χ0) is 11.0. The van der Waals surface area contributed by atoms with Crippen LogP contribution in [0, 0.1) is 5.92 Å². The molecule has 0 spiro atoms. The predicted molar refractivity (Wildman–Crippen MR) is 70.1 cm³/mol. The number of hydrogen-bond donors (Lipinski definition) is 1. The normalized spacial score (nSPS) is 25.3. The summed E-state index contributed by atoms with van der Waals surface area (Å²) < 4.78 is 6.74. The third kappa shape index (κ3) is 1.76. The molecular formula is C12H16BrNOS. The Labute approximate surface area is 109 Å². The average Bonchev–Trinajstić information content (AvgIpc) is 2.65. The molecule has 0 amide bonds. The lowest BCUT2D eigenvalue weighted by atomic mass is 9.68. The van der Waals surface area contributed by atoms with Gasteiger partial charge in [-0.3, -0.25) is 0 Å². The molecule has 2 saturated heterocycles. The Morgan fingerprint density at radius 2 is 2.12 bits per heavy atom. The minimum atomic E-state index is 0.332. The van der Waals surface area contributed by atoms with Gasteiger partial charge in [0.25, 0.3) is 0 Å². The summed E-state index contributed by atoms with van der Waals surface area (Å²) >= 11 is 5.44. The van der Waals surface area contributed by atoms with Crippen molar-refractivity contribution in [2.24, 2.45) is 5.92 Å². The fourth-order valence-electron chi connectivity index (χ4n) is 2.85. The quantitative estimate of drug-likeness (QED) is 0.907. The summed E-state index contributed by atoms with van der Waals surface area (Å²) in [4.78, 5) is 1.51. The molecule has 0 unspecified atom stereocenters. The standard InChI is InChI=1S/C12H16BrNOS/c13-10-5-11(16-6-10)12(7-15-8-12)9-1-3-14-4-2-9/h5-6,9,14H,1-4,7-8H2. The van der Waals surface area contributed by atoms with Crippen molar-refractivity contribution >= 4 is 27.3 Å². The zero-order valence-electron chi connectivity index (χ0n) is 9.17. The first kappa shape index (κ1) is 11.2. The third-order valence-electron chi connectivity index (χ3n) is 3.90. The number of hydrogen-bond acceptors (Lipinski definition) is 3. The van der Waals surface area contributed by atoms with Crippen molar-refractivity contribution in [2.75, 3.05) is 26.3 Å². The summed E-state index contributed by atoms with van der Waals surface area (Å²) in [6.45, 7) is 4.17. The van der Waals surface area contributed by atoms with Gasteiger partial charge in [-0.15, -0.1) is 11.3 Å². The van der Waals surface area contributed by atoms with Crippen molar-refractivity contribution in [2.45, 2.75) is 18.3 Å². The van der Waals surface area contributed by atoms with E-state index in [-0.39, 0.29) is 0 Å². The van der Waals surface area contributed by atoms with E-state index in [1.807, 2.05) is 11.3 Å². The van der Waals surface area contributed by atoms with E-state index in [0.717, 1.165) is 19.1 Å². The molecule has 2 aliphatic rings. The van der Waals surface area contributed by atoms with Gasteiger partial charge in [-0.2, -0.15) is 0 Å². The predicted octanol–water partition coefficient (Wildman–Crippen LogP) is 2.78. The topological polar surface area (TPSA) is 21.3 Å². The number of piperidine rings is 1. The molecule has 3 heterocycles. The molecule has 0 bridgehead atoms. The molecule has 3 rings (SSSR count). The van der Waals surface area contributed by atoms with Gasteiger partial charge < -0.3 is 10.1 Å². The lowest BCUT2D eigenvalue weighted by molar-refractivity contribution is -0.0944. The largest absolute Gasteiger partial charge is 0.379 e. The Hall–Kier alpha value is 0.1000. The fourth-order valence-corrected chi connectivity index (χ4v) is 4.53. The Balaban J connectivity index is 1.87. The lowest BCUT2D eigenvalue weighted by Gasteiger charge is -2.48. The monoisotopic (exact) mass is 301 g/mol. The highest BCUT2D eigenvalue weighted by molar-refractivity contribution is 9.10. The van der Waals surface area contributed by atoms with E-state index < -0.39 is 0 Å².